The maximum absolute atomic E-state index is 5.61. The number of furan rings is 1. The Labute approximate surface area is 117 Å². The molecule has 1 saturated heterocycles. The van der Waals surface area contributed by atoms with Gasteiger partial charge in [0.05, 0.1) is 12.8 Å². The van der Waals surface area contributed by atoms with Crippen molar-refractivity contribution in [1.82, 2.24) is 10.2 Å². The summed E-state index contributed by atoms with van der Waals surface area (Å²) in [5.74, 6) is 2.68. The number of likely N-dealkylation sites (tertiary alicyclic amines) is 1. The van der Waals surface area contributed by atoms with Gasteiger partial charge in [0.2, 0.25) is 0 Å². The average Bonchev–Trinajstić information content (AvgIpc) is 2.80. The molecule has 0 bridgehead atoms. The molecular formula is C16H28N2O. The molecule has 3 atom stereocenters. The number of piperidine rings is 1. The zero-order valence-corrected chi connectivity index (χ0v) is 12.8. The summed E-state index contributed by atoms with van der Waals surface area (Å²) in [4.78, 5) is 2.61. The number of nitrogens with zero attached hydrogens (tertiary/aromatic N) is 1. The molecule has 0 aromatic carbocycles. The minimum Gasteiger partial charge on any atom is -0.468 e. The quantitative estimate of drug-likeness (QED) is 0.885. The molecule has 3 heteroatoms. The molecule has 1 aromatic rings. The van der Waals surface area contributed by atoms with Crippen molar-refractivity contribution in [3.63, 3.8) is 0 Å². The third-order valence-electron chi connectivity index (χ3n) is 4.47. The fourth-order valence-electron chi connectivity index (χ4n) is 3.16. The molecule has 0 saturated carbocycles. The van der Waals surface area contributed by atoms with Crippen molar-refractivity contribution in [2.24, 2.45) is 11.8 Å². The fraction of sp³-hybridized carbons (Fsp3) is 0.750. The van der Waals surface area contributed by atoms with Gasteiger partial charge in [0.25, 0.3) is 0 Å². The molecule has 2 rings (SSSR count). The van der Waals surface area contributed by atoms with Crippen LogP contribution in [0.4, 0.5) is 0 Å². The molecule has 1 aromatic heterocycles. The van der Waals surface area contributed by atoms with Gasteiger partial charge in [0, 0.05) is 24.7 Å². The Morgan fingerprint density at radius 2 is 2.16 bits per heavy atom. The van der Waals surface area contributed by atoms with Crippen LogP contribution in [-0.4, -0.2) is 24.0 Å². The van der Waals surface area contributed by atoms with E-state index in [0.29, 0.717) is 6.04 Å². The lowest BCUT2D eigenvalue weighted by molar-refractivity contribution is 0.0724. The van der Waals surface area contributed by atoms with E-state index in [-0.39, 0.29) is 0 Å². The van der Waals surface area contributed by atoms with Crippen LogP contribution in [0.5, 0.6) is 0 Å². The van der Waals surface area contributed by atoms with Gasteiger partial charge in [0.1, 0.15) is 5.76 Å². The van der Waals surface area contributed by atoms with E-state index in [4.69, 9.17) is 4.42 Å². The van der Waals surface area contributed by atoms with Gasteiger partial charge in [0.15, 0.2) is 0 Å². The van der Waals surface area contributed by atoms with Crippen LogP contribution in [0.3, 0.4) is 0 Å². The normalized spacial score (nSPS) is 28.7. The average molecular weight is 264 g/mol. The van der Waals surface area contributed by atoms with Crippen LogP contribution in [0.25, 0.3) is 0 Å². The SMILES string of the molecule is CCNCc1occc1CN1CC(C)CC(C)C1C. The summed E-state index contributed by atoms with van der Waals surface area (Å²) in [5, 5.41) is 3.34. The van der Waals surface area contributed by atoms with Crippen LogP contribution >= 0.6 is 0 Å². The van der Waals surface area contributed by atoms with Crippen molar-refractivity contribution in [1.29, 1.82) is 0 Å². The van der Waals surface area contributed by atoms with Gasteiger partial charge in [-0.15, -0.1) is 0 Å². The van der Waals surface area contributed by atoms with Crippen LogP contribution in [0.15, 0.2) is 16.7 Å². The maximum Gasteiger partial charge on any atom is 0.122 e. The highest BCUT2D eigenvalue weighted by Crippen LogP contribution is 2.28. The van der Waals surface area contributed by atoms with Crippen LogP contribution < -0.4 is 5.32 Å². The van der Waals surface area contributed by atoms with Crippen molar-refractivity contribution in [3.8, 4) is 0 Å². The molecule has 0 radical (unpaired) electrons. The number of hydrogen-bond donors (Lipinski definition) is 1. The van der Waals surface area contributed by atoms with E-state index in [1.165, 1.54) is 18.5 Å². The molecule has 0 spiro atoms. The third kappa shape index (κ3) is 3.61. The zero-order chi connectivity index (χ0) is 13.8. The second-order valence-corrected chi connectivity index (χ2v) is 6.14. The lowest BCUT2D eigenvalue weighted by Gasteiger charge is -2.41. The zero-order valence-electron chi connectivity index (χ0n) is 12.8. The Kier molecular flexibility index (Phi) is 5.06. The molecule has 2 heterocycles. The molecular weight excluding hydrogens is 236 g/mol. The molecule has 3 unspecified atom stereocenters. The second kappa shape index (κ2) is 6.58. The van der Waals surface area contributed by atoms with Crippen LogP contribution in [0.2, 0.25) is 0 Å². The highest BCUT2D eigenvalue weighted by molar-refractivity contribution is 5.17. The van der Waals surface area contributed by atoms with E-state index in [2.05, 4.69) is 44.0 Å². The van der Waals surface area contributed by atoms with Crippen LogP contribution in [0.1, 0.15) is 45.4 Å². The highest BCUT2D eigenvalue weighted by Gasteiger charge is 2.29. The summed E-state index contributed by atoms with van der Waals surface area (Å²) < 4.78 is 5.61. The molecule has 0 amide bonds. The number of nitrogens with one attached hydrogen (secondary N) is 1. The lowest BCUT2D eigenvalue weighted by atomic mass is 9.86. The van der Waals surface area contributed by atoms with Gasteiger partial charge >= 0.3 is 0 Å². The van der Waals surface area contributed by atoms with Crippen molar-refractivity contribution < 1.29 is 4.42 Å². The van der Waals surface area contributed by atoms with Crippen LogP contribution in [-0.2, 0) is 13.1 Å². The van der Waals surface area contributed by atoms with Crippen LogP contribution in [0, 0.1) is 11.8 Å². The Morgan fingerprint density at radius 1 is 1.37 bits per heavy atom. The molecule has 19 heavy (non-hydrogen) atoms. The predicted octanol–water partition coefficient (Wildman–Crippen LogP) is 3.26. The van der Waals surface area contributed by atoms with Crippen molar-refractivity contribution in [2.45, 2.75) is 53.2 Å². The largest absolute Gasteiger partial charge is 0.468 e. The standard InChI is InChI=1S/C16H28N2O/c1-5-17-9-16-15(6-7-19-16)11-18-10-12(2)8-13(3)14(18)4/h6-7,12-14,17H,5,8-11H2,1-4H3. The molecule has 0 aliphatic carbocycles. The van der Waals surface area contributed by atoms with E-state index >= 15 is 0 Å². The van der Waals surface area contributed by atoms with E-state index < -0.39 is 0 Å². The summed E-state index contributed by atoms with van der Waals surface area (Å²) in [6, 6.07) is 2.79. The van der Waals surface area contributed by atoms with Gasteiger partial charge in [-0.2, -0.15) is 0 Å². The molecule has 1 aliphatic heterocycles. The highest BCUT2D eigenvalue weighted by atomic mass is 16.3. The van der Waals surface area contributed by atoms with E-state index in [0.717, 1.165) is 37.2 Å². The van der Waals surface area contributed by atoms with Gasteiger partial charge in [-0.25, -0.2) is 0 Å². The third-order valence-corrected chi connectivity index (χ3v) is 4.47. The summed E-state index contributed by atoms with van der Waals surface area (Å²) in [7, 11) is 0. The Hall–Kier alpha value is -0.800. The molecule has 108 valence electrons. The first-order valence-electron chi connectivity index (χ1n) is 7.61. The topological polar surface area (TPSA) is 28.4 Å². The van der Waals surface area contributed by atoms with Crippen molar-refractivity contribution in [2.75, 3.05) is 13.1 Å². The molecule has 1 N–H and O–H groups in total. The Bertz CT molecular complexity index is 388. The predicted molar refractivity (Wildman–Crippen MR) is 78.9 cm³/mol. The van der Waals surface area contributed by atoms with Gasteiger partial charge in [-0.1, -0.05) is 20.8 Å². The summed E-state index contributed by atoms with van der Waals surface area (Å²) in [6.07, 6.45) is 3.18. The molecule has 3 nitrogen and oxygen atoms in total. The van der Waals surface area contributed by atoms with E-state index in [1.807, 2.05) is 6.26 Å². The molecule has 1 fully saturated rings. The Morgan fingerprint density at radius 3 is 2.89 bits per heavy atom. The number of rotatable bonds is 5. The maximum atomic E-state index is 5.61. The summed E-state index contributed by atoms with van der Waals surface area (Å²) in [6.45, 7) is 13.3. The summed E-state index contributed by atoms with van der Waals surface area (Å²) in [5.41, 5.74) is 1.34. The van der Waals surface area contributed by atoms with E-state index in [9.17, 15) is 0 Å². The minimum absolute atomic E-state index is 0.665. The van der Waals surface area contributed by atoms with Gasteiger partial charge in [-0.3, -0.25) is 4.90 Å². The molecule has 1 aliphatic rings. The number of hydrogen-bond acceptors (Lipinski definition) is 3. The minimum atomic E-state index is 0.665. The van der Waals surface area contributed by atoms with Crippen molar-refractivity contribution >= 4 is 0 Å². The monoisotopic (exact) mass is 264 g/mol. The smallest absolute Gasteiger partial charge is 0.122 e. The lowest BCUT2D eigenvalue weighted by Crippen LogP contribution is -2.45. The Balaban J connectivity index is 2.01. The summed E-state index contributed by atoms with van der Waals surface area (Å²) >= 11 is 0. The van der Waals surface area contributed by atoms with Gasteiger partial charge < -0.3 is 9.73 Å². The van der Waals surface area contributed by atoms with E-state index in [1.54, 1.807) is 0 Å². The van der Waals surface area contributed by atoms with Gasteiger partial charge in [-0.05, 0) is 37.8 Å². The van der Waals surface area contributed by atoms with Crippen molar-refractivity contribution in [3.05, 3.63) is 23.7 Å². The first-order valence-corrected chi connectivity index (χ1v) is 7.61. The first kappa shape index (κ1) is 14.6. The second-order valence-electron chi connectivity index (χ2n) is 6.14. The first-order chi connectivity index (χ1) is 9.11. The fourth-order valence-corrected chi connectivity index (χ4v) is 3.16.